The van der Waals surface area contributed by atoms with Crippen LogP contribution >= 0.6 is 0 Å². The van der Waals surface area contributed by atoms with Gasteiger partial charge in [-0.2, -0.15) is 0 Å². The highest BCUT2D eigenvalue weighted by atomic mass is 16.5. The fourth-order valence-electron chi connectivity index (χ4n) is 6.10. The minimum atomic E-state index is -0.00154. The quantitative estimate of drug-likeness (QED) is 0.0532. The van der Waals surface area contributed by atoms with Crippen LogP contribution in [0.5, 0.6) is 28.7 Å². The summed E-state index contributed by atoms with van der Waals surface area (Å²) in [4.78, 5) is 14.4. The fraction of sp³-hybridized carbons (Fsp3) is 0.711. The van der Waals surface area contributed by atoms with E-state index < -0.39 is 0 Å². The lowest BCUT2D eigenvalue weighted by Gasteiger charge is -2.20. The average molecular weight is 711 g/mol. The van der Waals surface area contributed by atoms with E-state index in [-0.39, 0.29) is 5.78 Å². The van der Waals surface area contributed by atoms with E-state index in [1.54, 1.807) is 0 Å². The van der Waals surface area contributed by atoms with Gasteiger partial charge >= 0.3 is 0 Å². The number of ketones is 1. The number of aryl methyl sites for hydroxylation is 1. The lowest BCUT2D eigenvalue weighted by molar-refractivity contribution is 0.0972. The monoisotopic (exact) mass is 711 g/mol. The third kappa shape index (κ3) is 19.0. The van der Waals surface area contributed by atoms with Gasteiger partial charge in [-0.1, -0.05) is 131 Å². The summed E-state index contributed by atoms with van der Waals surface area (Å²) in [6.45, 7) is 14.1. The number of hydrogen-bond acceptors (Lipinski definition) is 6. The first kappa shape index (κ1) is 44.3. The SMILES string of the molecule is CCCCCCOc1ccc(OCCCCCC)c(CCC(=O)c2c(OCCCCCC)ccc(OCCCCCC)c2OCCCCCC)c1. The van der Waals surface area contributed by atoms with Gasteiger partial charge < -0.3 is 23.7 Å². The van der Waals surface area contributed by atoms with Crippen molar-refractivity contribution >= 4 is 5.78 Å². The molecule has 2 rings (SSSR count). The Balaban J connectivity index is 2.37. The second kappa shape index (κ2) is 29.7. The summed E-state index contributed by atoms with van der Waals surface area (Å²) in [5.74, 6) is 3.43. The molecule has 0 saturated heterocycles. The predicted molar refractivity (Wildman–Crippen MR) is 214 cm³/mol. The molecule has 0 heterocycles. The minimum Gasteiger partial charge on any atom is -0.494 e. The van der Waals surface area contributed by atoms with Crippen molar-refractivity contribution in [3.8, 4) is 28.7 Å². The molecule has 0 N–H and O–H groups in total. The van der Waals surface area contributed by atoms with Gasteiger partial charge in [0.1, 0.15) is 22.8 Å². The van der Waals surface area contributed by atoms with Gasteiger partial charge in [-0.25, -0.2) is 0 Å². The van der Waals surface area contributed by atoms with Crippen LogP contribution in [-0.4, -0.2) is 38.8 Å². The Hall–Kier alpha value is -2.89. The Morgan fingerprint density at radius 1 is 0.451 bits per heavy atom. The van der Waals surface area contributed by atoms with Crippen LogP contribution in [0.4, 0.5) is 0 Å². The summed E-state index contributed by atoms with van der Waals surface area (Å²) in [6, 6.07) is 9.94. The third-order valence-electron chi connectivity index (χ3n) is 9.29. The average Bonchev–Trinajstić information content (AvgIpc) is 3.14. The molecule has 0 bridgehead atoms. The largest absolute Gasteiger partial charge is 0.494 e. The summed E-state index contributed by atoms with van der Waals surface area (Å²) in [7, 11) is 0. The van der Waals surface area contributed by atoms with Gasteiger partial charge in [0.25, 0.3) is 0 Å². The molecule has 0 atom stereocenters. The van der Waals surface area contributed by atoms with Crippen molar-refractivity contribution in [3.05, 3.63) is 41.5 Å². The number of benzene rings is 2. The zero-order valence-corrected chi connectivity index (χ0v) is 33.4. The van der Waals surface area contributed by atoms with Crippen LogP contribution in [0.25, 0.3) is 0 Å². The molecule has 6 nitrogen and oxygen atoms in total. The van der Waals surface area contributed by atoms with Crippen molar-refractivity contribution in [2.75, 3.05) is 33.0 Å². The molecule has 0 fully saturated rings. The van der Waals surface area contributed by atoms with E-state index in [4.69, 9.17) is 23.7 Å². The Morgan fingerprint density at radius 2 is 0.863 bits per heavy atom. The van der Waals surface area contributed by atoms with Gasteiger partial charge in [0.05, 0.1) is 33.0 Å². The number of Topliss-reactive ketones (excluding diaryl/α,β-unsaturated/α-hetero) is 1. The van der Waals surface area contributed by atoms with E-state index in [1.165, 1.54) is 64.2 Å². The summed E-state index contributed by atoms with van der Waals surface area (Å²) in [5.41, 5.74) is 1.51. The van der Waals surface area contributed by atoms with E-state index in [2.05, 4.69) is 40.7 Å². The Kier molecular flexibility index (Phi) is 25.7. The van der Waals surface area contributed by atoms with Crippen LogP contribution < -0.4 is 23.7 Å². The summed E-state index contributed by atoms with van der Waals surface area (Å²) >= 11 is 0. The number of carbonyl (C=O) groups excluding carboxylic acids is 1. The lowest BCUT2D eigenvalue weighted by Crippen LogP contribution is -2.12. The number of unbranched alkanes of at least 4 members (excludes halogenated alkanes) is 15. The van der Waals surface area contributed by atoms with Crippen molar-refractivity contribution in [2.24, 2.45) is 0 Å². The fourth-order valence-corrected chi connectivity index (χ4v) is 6.10. The van der Waals surface area contributed by atoms with Gasteiger partial charge in [0.15, 0.2) is 17.3 Å². The van der Waals surface area contributed by atoms with Crippen molar-refractivity contribution < 1.29 is 28.5 Å². The molecule has 0 aromatic heterocycles. The van der Waals surface area contributed by atoms with Crippen LogP contribution in [0.1, 0.15) is 185 Å². The van der Waals surface area contributed by atoms with Crippen molar-refractivity contribution in [3.63, 3.8) is 0 Å². The third-order valence-corrected chi connectivity index (χ3v) is 9.29. The van der Waals surface area contributed by atoms with E-state index >= 15 is 0 Å². The molecule has 2 aromatic carbocycles. The highest BCUT2D eigenvalue weighted by molar-refractivity contribution is 6.02. The first-order chi connectivity index (χ1) is 25.1. The van der Waals surface area contributed by atoms with E-state index in [9.17, 15) is 4.79 Å². The smallest absolute Gasteiger partial charge is 0.175 e. The zero-order valence-electron chi connectivity index (χ0n) is 33.4. The predicted octanol–water partition coefficient (Wildman–Crippen LogP) is 13.3. The van der Waals surface area contributed by atoms with Gasteiger partial charge in [-0.15, -0.1) is 0 Å². The molecule has 0 aliphatic heterocycles. The molecule has 0 saturated carbocycles. The molecule has 0 amide bonds. The first-order valence-electron chi connectivity index (χ1n) is 21.1. The number of ether oxygens (including phenoxy) is 5. The Bertz CT molecular complexity index is 1160. The summed E-state index contributed by atoms with van der Waals surface area (Å²) in [6.07, 6.45) is 23.3. The van der Waals surface area contributed by atoms with Gasteiger partial charge in [0.2, 0.25) is 0 Å². The van der Waals surface area contributed by atoms with E-state index in [0.717, 1.165) is 81.3 Å². The molecule has 2 aromatic rings. The first-order valence-corrected chi connectivity index (χ1v) is 21.1. The normalized spacial score (nSPS) is 11.1. The van der Waals surface area contributed by atoms with Crippen molar-refractivity contribution in [1.82, 2.24) is 0 Å². The maximum absolute atomic E-state index is 14.4. The van der Waals surface area contributed by atoms with Crippen LogP contribution in [0.2, 0.25) is 0 Å². The summed E-state index contributed by atoms with van der Waals surface area (Å²) in [5, 5.41) is 0. The van der Waals surface area contributed by atoms with Gasteiger partial charge in [-0.3, -0.25) is 4.79 Å². The minimum absolute atomic E-state index is 0.00154. The van der Waals surface area contributed by atoms with Crippen LogP contribution in [0.3, 0.4) is 0 Å². The Morgan fingerprint density at radius 3 is 1.37 bits per heavy atom. The second-order valence-corrected chi connectivity index (χ2v) is 14.0. The molecule has 0 radical (unpaired) electrons. The standard InChI is InChI=1S/C45H74O6/c1-6-11-16-21-32-47-39-27-29-41(48-33-22-17-12-7-2)38(37-39)26-28-40(46)44-42(49-34-23-18-13-8-3)30-31-43(50-35-24-19-14-9-4)45(44)51-36-25-20-15-10-5/h27,29-31,37H,6-26,28,32-36H2,1-5H3. The Labute approximate surface area is 312 Å². The molecule has 6 heteroatoms. The summed E-state index contributed by atoms with van der Waals surface area (Å²) < 4.78 is 31.6. The molecule has 0 unspecified atom stereocenters. The number of carbonyl (C=O) groups is 1. The molecule has 0 aliphatic rings. The van der Waals surface area contributed by atoms with Crippen LogP contribution in [-0.2, 0) is 6.42 Å². The highest BCUT2D eigenvalue weighted by Crippen LogP contribution is 2.40. The van der Waals surface area contributed by atoms with E-state index in [1.807, 2.05) is 24.3 Å². The van der Waals surface area contributed by atoms with E-state index in [0.29, 0.717) is 68.7 Å². The number of hydrogen-bond donors (Lipinski definition) is 0. The molecule has 0 aliphatic carbocycles. The molecule has 51 heavy (non-hydrogen) atoms. The number of rotatable bonds is 34. The van der Waals surface area contributed by atoms with Crippen LogP contribution in [0, 0.1) is 0 Å². The maximum Gasteiger partial charge on any atom is 0.175 e. The molecule has 290 valence electrons. The molecular formula is C45H74O6. The van der Waals surface area contributed by atoms with Crippen molar-refractivity contribution in [2.45, 2.75) is 176 Å². The van der Waals surface area contributed by atoms with Gasteiger partial charge in [0, 0.05) is 6.42 Å². The lowest BCUT2D eigenvalue weighted by atomic mass is 9.99. The van der Waals surface area contributed by atoms with Crippen molar-refractivity contribution in [1.29, 1.82) is 0 Å². The topological polar surface area (TPSA) is 63.2 Å². The van der Waals surface area contributed by atoms with Crippen LogP contribution in [0.15, 0.2) is 30.3 Å². The maximum atomic E-state index is 14.4. The molecule has 0 spiro atoms. The van der Waals surface area contributed by atoms with Gasteiger partial charge in [-0.05, 0) is 74.4 Å². The zero-order chi connectivity index (χ0) is 36.8. The second-order valence-electron chi connectivity index (χ2n) is 14.0. The molecular weight excluding hydrogens is 636 g/mol. The highest BCUT2D eigenvalue weighted by Gasteiger charge is 2.24.